The predicted molar refractivity (Wildman–Crippen MR) is 5.65 cm³/mol. The van der Waals surface area contributed by atoms with Gasteiger partial charge in [-0.15, -0.1) is 0 Å². The first-order chi connectivity index (χ1) is 2.00. The molecule has 0 saturated heterocycles. The molecule has 0 N–H and O–H groups in total. The van der Waals surface area contributed by atoms with Crippen molar-refractivity contribution in [2.45, 2.75) is 0 Å². The van der Waals surface area contributed by atoms with Crippen LogP contribution in [-0.4, -0.2) is 0 Å². The number of nitrogens with zero attached hydrogens (tertiary/aromatic N) is 1. The molecule has 2 nitrogen and oxygen atoms in total. The Balaban J connectivity index is 0. The summed E-state index contributed by atoms with van der Waals surface area (Å²) in [6.07, 6.45) is 0. The van der Waals surface area contributed by atoms with Crippen LogP contribution in [0.1, 0.15) is 0 Å². The molecule has 0 aliphatic rings. The zero-order valence-electron chi connectivity index (χ0n) is 1.66. The van der Waals surface area contributed by atoms with Crippen molar-refractivity contribution < 1.29 is 24.3 Å². The van der Waals surface area contributed by atoms with Gasteiger partial charge in [-0.1, -0.05) is 0 Å². The van der Waals surface area contributed by atoms with Crippen LogP contribution in [0.5, 0.6) is 0 Å². The number of hydrogen-bond acceptors (Lipinski definition) is 2. The normalized spacial score (nSPS) is 2.00. The molecule has 0 aromatic carbocycles. The zero-order chi connectivity index (χ0) is 4.00. The molecule has 0 spiro atoms. The van der Waals surface area contributed by atoms with Gasteiger partial charge in [0.15, 0.2) is 0 Å². The molecule has 0 rings (SSSR count). The van der Waals surface area contributed by atoms with Gasteiger partial charge in [0, 0.05) is 0 Å². The monoisotopic (exact) mass is 149 g/mol. The summed E-state index contributed by atoms with van der Waals surface area (Å²) in [6.45, 7) is 4.75. The molecule has 0 aliphatic carbocycles. The fourth-order valence-corrected chi connectivity index (χ4v) is 0. The Bertz CT molecular complexity index is 19.2. The van der Waals surface area contributed by atoms with E-state index >= 15 is 0 Å². The molecular weight excluding hydrogens is 150 g/mol. The molecule has 0 amide bonds. The molecule has 3 heteroatoms. The van der Waals surface area contributed by atoms with Gasteiger partial charge < -0.3 is 11.8 Å². The van der Waals surface area contributed by atoms with E-state index < -0.39 is 0 Å². The van der Waals surface area contributed by atoms with Gasteiger partial charge in [0.1, 0.15) is 0 Å². The third kappa shape index (κ3) is 2350. The van der Waals surface area contributed by atoms with Crippen molar-refractivity contribution in [2.75, 3.05) is 0 Å². The van der Waals surface area contributed by atoms with E-state index in [2.05, 4.69) is 0 Å². The molecule has 0 atom stereocenters. The van der Waals surface area contributed by atoms with E-state index in [1.807, 2.05) is 0 Å². The van der Waals surface area contributed by atoms with Gasteiger partial charge in [0.05, 0.1) is 0 Å². The van der Waals surface area contributed by atoms with E-state index in [1.54, 1.807) is 21.0 Å². The molecule has 0 saturated carbocycles. The van der Waals surface area contributed by atoms with Crippen LogP contribution in [0.25, 0.3) is 0 Å². The topological polar surface area (TPSA) is 40.9 Å². The van der Waals surface area contributed by atoms with Crippen LogP contribution in [0.2, 0.25) is 0 Å². The summed E-state index contributed by atoms with van der Waals surface area (Å²) in [5, 5.41) is 6.25. The Morgan fingerprint density at radius 2 is 1.50 bits per heavy atom. The van der Waals surface area contributed by atoms with E-state index in [9.17, 15) is 0 Å². The SMILES string of the molecule is [C-]#N.[O]=[Ag]. The van der Waals surface area contributed by atoms with Crippen molar-refractivity contribution in [2.24, 2.45) is 0 Å². The summed E-state index contributed by atoms with van der Waals surface area (Å²) < 4.78 is 8.06. The Hall–Kier alpha value is 0.0303. The van der Waals surface area contributed by atoms with E-state index in [-0.39, 0.29) is 0 Å². The third-order valence-electron chi connectivity index (χ3n) is 0. The summed E-state index contributed by atoms with van der Waals surface area (Å²) >= 11 is 1.70. The van der Waals surface area contributed by atoms with Crippen molar-refractivity contribution in [1.29, 1.82) is 5.26 Å². The van der Waals surface area contributed by atoms with Crippen molar-refractivity contribution in [3.8, 4) is 0 Å². The number of hydrogen-bond donors (Lipinski definition) is 0. The minimum atomic E-state index is 1.70. The Kier molecular flexibility index (Phi) is 30600. The molecule has 0 unspecified atom stereocenters. The van der Waals surface area contributed by atoms with Gasteiger partial charge in [-0.2, -0.15) is 0 Å². The molecule has 0 bridgehead atoms. The summed E-state index contributed by atoms with van der Waals surface area (Å²) in [4.78, 5) is 0. The van der Waals surface area contributed by atoms with Gasteiger partial charge in [0.2, 0.25) is 0 Å². The molecule has 0 aliphatic heterocycles. The minimum absolute atomic E-state index is 1.70. The van der Waals surface area contributed by atoms with Crippen LogP contribution in [0.15, 0.2) is 0 Å². The van der Waals surface area contributed by atoms with Crippen molar-refractivity contribution in [3.05, 3.63) is 6.57 Å². The number of rotatable bonds is 0. The van der Waals surface area contributed by atoms with Crippen LogP contribution >= 0.6 is 0 Å². The van der Waals surface area contributed by atoms with Gasteiger partial charge in [-0.3, -0.25) is 0 Å². The van der Waals surface area contributed by atoms with E-state index in [4.69, 9.17) is 15.1 Å². The second-order valence-electron chi connectivity index (χ2n) is 0. The summed E-state index contributed by atoms with van der Waals surface area (Å²) in [5.74, 6) is 0. The van der Waals surface area contributed by atoms with Gasteiger partial charge >= 0.3 is 24.3 Å². The molecule has 0 heterocycles. The first kappa shape index (κ1) is 8.98. The van der Waals surface area contributed by atoms with E-state index in [0.29, 0.717) is 0 Å². The van der Waals surface area contributed by atoms with Crippen LogP contribution in [0, 0.1) is 11.8 Å². The third-order valence-corrected chi connectivity index (χ3v) is 0. The maximum absolute atomic E-state index is 8.06. The molecule has 0 fully saturated rings. The molecular formula is CAgNO-. The van der Waals surface area contributed by atoms with Crippen molar-refractivity contribution >= 4 is 0 Å². The Morgan fingerprint density at radius 3 is 1.50 bits per heavy atom. The second kappa shape index (κ2) is 13600. The standard InChI is InChI=1S/CN.Ag.O/c1-2;;/q-1;;. The fourth-order valence-electron chi connectivity index (χ4n) is 0. The van der Waals surface area contributed by atoms with Crippen LogP contribution in [0.4, 0.5) is 0 Å². The average Bonchev–Trinajstić information content (AvgIpc) is 1.50. The molecule has 0 aromatic heterocycles. The first-order valence-electron chi connectivity index (χ1n) is 0.347. The Labute approximate surface area is 36.7 Å². The van der Waals surface area contributed by atoms with E-state index in [0.717, 1.165) is 0 Å². The maximum atomic E-state index is 8.06. The van der Waals surface area contributed by atoms with Crippen molar-refractivity contribution in [3.63, 3.8) is 0 Å². The summed E-state index contributed by atoms with van der Waals surface area (Å²) in [6, 6.07) is 0. The first-order valence-corrected chi connectivity index (χ1v) is 0.952. The molecule has 0 radical (unpaired) electrons. The van der Waals surface area contributed by atoms with Crippen LogP contribution in [-0.2, 0) is 24.3 Å². The molecule has 0 aromatic rings. The predicted octanol–water partition coefficient (Wildman–Crippen LogP) is -0.0249. The van der Waals surface area contributed by atoms with Crippen LogP contribution < -0.4 is 0 Å². The summed E-state index contributed by atoms with van der Waals surface area (Å²) in [5.41, 5.74) is 0. The zero-order valence-corrected chi connectivity index (χ0v) is 3.14. The van der Waals surface area contributed by atoms with Gasteiger partial charge in [-0.25, -0.2) is 0 Å². The second-order valence-corrected chi connectivity index (χ2v) is 0. The van der Waals surface area contributed by atoms with Crippen molar-refractivity contribution in [1.82, 2.24) is 0 Å². The van der Waals surface area contributed by atoms with Gasteiger partial charge in [-0.05, 0) is 0 Å². The Morgan fingerprint density at radius 1 is 1.50 bits per heavy atom. The average molecular weight is 150 g/mol. The summed E-state index contributed by atoms with van der Waals surface area (Å²) in [7, 11) is 0. The fraction of sp³-hybridized carbons (Fsp3) is 0. The van der Waals surface area contributed by atoms with Gasteiger partial charge in [0.25, 0.3) is 0 Å². The van der Waals surface area contributed by atoms with Crippen LogP contribution in [0.3, 0.4) is 0 Å². The van der Waals surface area contributed by atoms with E-state index in [1.165, 1.54) is 0 Å². The quantitative estimate of drug-likeness (QED) is 0.359. The molecule has 27 valence electrons. The molecule has 4 heavy (non-hydrogen) atoms.